The SMILES string of the molecule is CC[C@@H](O)/C=C/C=C\C[C@@H](O)/C=C/C=C/C=C\[C@@H](O)CCCC(=O)OC. The molecule has 26 heavy (non-hydrogen) atoms. The van der Waals surface area contributed by atoms with Crippen molar-refractivity contribution in [2.24, 2.45) is 0 Å². The van der Waals surface area contributed by atoms with Crippen molar-refractivity contribution in [1.82, 2.24) is 0 Å². The van der Waals surface area contributed by atoms with Gasteiger partial charge in [-0.1, -0.05) is 67.7 Å². The van der Waals surface area contributed by atoms with Gasteiger partial charge in [0, 0.05) is 6.42 Å². The van der Waals surface area contributed by atoms with E-state index in [0.29, 0.717) is 32.1 Å². The summed E-state index contributed by atoms with van der Waals surface area (Å²) in [6, 6.07) is 0. The van der Waals surface area contributed by atoms with Crippen LogP contribution in [0, 0.1) is 0 Å². The first-order valence-corrected chi connectivity index (χ1v) is 8.95. The van der Waals surface area contributed by atoms with Crippen LogP contribution in [-0.2, 0) is 9.53 Å². The highest BCUT2D eigenvalue weighted by Gasteiger charge is 2.03. The molecule has 0 saturated heterocycles. The second-order valence-corrected chi connectivity index (χ2v) is 5.78. The van der Waals surface area contributed by atoms with Crippen molar-refractivity contribution in [3.63, 3.8) is 0 Å². The number of esters is 1. The molecular formula is C21H32O5. The van der Waals surface area contributed by atoms with Crippen LogP contribution in [0.4, 0.5) is 0 Å². The van der Waals surface area contributed by atoms with Crippen molar-refractivity contribution in [3.8, 4) is 0 Å². The summed E-state index contributed by atoms with van der Waals surface area (Å²) in [6.45, 7) is 1.90. The number of methoxy groups -OCH3 is 1. The summed E-state index contributed by atoms with van der Waals surface area (Å²) in [4.78, 5) is 10.9. The fourth-order valence-corrected chi connectivity index (χ4v) is 1.87. The Balaban J connectivity index is 3.95. The summed E-state index contributed by atoms with van der Waals surface area (Å²) in [5.74, 6) is -0.269. The van der Waals surface area contributed by atoms with Gasteiger partial charge in [0.1, 0.15) is 0 Å². The highest BCUT2D eigenvalue weighted by atomic mass is 16.5. The normalized spacial score (nSPS) is 16.3. The lowest BCUT2D eigenvalue weighted by atomic mass is 10.1. The molecule has 0 saturated carbocycles. The second-order valence-electron chi connectivity index (χ2n) is 5.78. The summed E-state index contributed by atoms with van der Waals surface area (Å²) in [7, 11) is 1.35. The maximum Gasteiger partial charge on any atom is 0.305 e. The van der Waals surface area contributed by atoms with Crippen LogP contribution >= 0.6 is 0 Å². The van der Waals surface area contributed by atoms with E-state index < -0.39 is 18.3 Å². The minimum Gasteiger partial charge on any atom is -0.469 e. The smallest absolute Gasteiger partial charge is 0.305 e. The van der Waals surface area contributed by atoms with Gasteiger partial charge >= 0.3 is 5.97 Å². The van der Waals surface area contributed by atoms with Crippen molar-refractivity contribution >= 4 is 5.97 Å². The van der Waals surface area contributed by atoms with Crippen LogP contribution in [0.5, 0.6) is 0 Å². The Labute approximate surface area is 156 Å². The molecule has 0 rings (SSSR count). The zero-order valence-corrected chi connectivity index (χ0v) is 15.7. The van der Waals surface area contributed by atoms with Gasteiger partial charge in [0.05, 0.1) is 25.4 Å². The second kappa shape index (κ2) is 16.5. The summed E-state index contributed by atoms with van der Waals surface area (Å²) in [5.41, 5.74) is 0. The van der Waals surface area contributed by atoms with E-state index in [0.717, 1.165) is 0 Å². The van der Waals surface area contributed by atoms with Gasteiger partial charge in [0.15, 0.2) is 0 Å². The maximum atomic E-state index is 10.9. The topological polar surface area (TPSA) is 87.0 Å². The van der Waals surface area contributed by atoms with Gasteiger partial charge in [-0.2, -0.15) is 0 Å². The average Bonchev–Trinajstić information content (AvgIpc) is 2.63. The Morgan fingerprint density at radius 2 is 1.46 bits per heavy atom. The predicted molar refractivity (Wildman–Crippen MR) is 104 cm³/mol. The number of carbonyl (C=O) groups is 1. The predicted octanol–water partition coefficient (Wildman–Crippen LogP) is 2.99. The molecule has 5 heteroatoms. The quantitative estimate of drug-likeness (QED) is 0.345. The van der Waals surface area contributed by atoms with Gasteiger partial charge in [0.2, 0.25) is 0 Å². The summed E-state index contributed by atoms with van der Waals surface area (Å²) >= 11 is 0. The molecule has 0 radical (unpaired) electrons. The van der Waals surface area contributed by atoms with E-state index in [9.17, 15) is 20.1 Å². The zero-order valence-electron chi connectivity index (χ0n) is 15.7. The molecule has 0 aliphatic heterocycles. The van der Waals surface area contributed by atoms with Crippen LogP contribution < -0.4 is 0 Å². The number of aliphatic hydroxyl groups is 3. The average molecular weight is 364 g/mol. The third-order valence-corrected chi connectivity index (χ3v) is 3.48. The highest BCUT2D eigenvalue weighted by molar-refractivity contribution is 5.68. The lowest BCUT2D eigenvalue weighted by Gasteiger charge is -2.03. The van der Waals surface area contributed by atoms with Crippen molar-refractivity contribution in [1.29, 1.82) is 0 Å². The molecule has 146 valence electrons. The van der Waals surface area contributed by atoms with E-state index in [1.807, 2.05) is 13.0 Å². The van der Waals surface area contributed by atoms with Crippen molar-refractivity contribution in [3.05, 3.63) is 60.8 Å². The van der Waals surface area contributed by atoms with Gasteiger partial charge in [-0.05, 0) is 25.7 Å². The highest BCUT2D eigenvalue weighted by Crippen LogP contribution is 2.03. The molecule has 0 bridgehead atoms. The van der Waals surface area contributed by atoms with Gasteiger partial charge in [-0.3, -0.25) is 4.79 Å². The molecular weight excluding hydrogens is 332 g/mol. The molecule has 0 heterocycles. The van der Waals surface area contributed by atoms with Crippen LogP contribution in [0.25, 0.3) is 0 Å². The first-order valence-electron chi connectivity index (χ1n) is 8.95. The van der Waals surface area contributed by atoms with Crippen LogP contribution in [-0.4, -0.2) is 46.7 Å². The van der Waals surface area contributed by atoms with E-state index in [1.54, 1.807) is 54.7 Å². The summed E-state index contributed by atoms with van der Waals surface area (Å²) in [6.07, 6.45) is 18.4. The molecule has 0 amide bonds. The molecule has 5 nitrogen and oxygen atoms in total. The number of aliphatic hydroxyl groups excluding tert-OH is 3. The standard InChI is InChI=1S/C21H32O5/c1-3-18(22)12-9-6-10-15-19(23)13-7-4-5-8-14-20(24)16-11-17-21(25)26-2/h4-10,12-14,18-20,22-24H,3,11,15-17H2,1-2H3/b5-4+,10-6-,12-9+,13-7+,14-8-/t18-,19+,20-/m1/s1. The molecule has 0 fully saturated rings. The Bertz CT molecular complexity index is 503. The monoisotopic (exact) mass is 364 g/mol. The van der Waals surface area contributed by atoms with E-state index in [-0.39, 0.29) is 5.97 Å². The van der Waals surface area contributed by atoms with Crippen molar-refractivity contribution < 1.29 is 24.9 Å². The Kier molecular flexibility index (Phi) is 15.3. The van der Waals surface area contributed by atoms with Crippen LogP contribution in [0.3, 0.4) is 0 Å². The van der Waals surface area contributed by atoms with E-state index in [2.05, 4.69) is 4.74 Å². The number of hydrogen-bond donors (Lipinski definition) is 3. The van der Waals surface area contributed by atoms with E-state index in [1.165, 1.54) is 7.11 Å². The van der Waals surface area contributed by atoms with Gasteiger partial charge < -0.3 is 20.1 Å². The summed E-state index contributed by atoms with van der Waals surface area (Å²) in [5, 5.41) is 28.8. The van der Waals surface area contributed by atoms with E-state index in [4.69, 9.17) is 0 Å². The zero-order chi connectivity index (χ0) is 19.6. The van der Waals surface area contributed by atoms with Crippen LogP contribution in [0.1, 0.15) is 39.0 Å². The Hall–Kier alpha value is -1.95. The summed E-state index contributed by atoms with van der Waals surface area (Å²) < 4.78 is 4.53. The largest absolute Gasteiger partial charge is 0.469 e. The Morgan fingerprint density at radius 1 is 0.885 bits per heavy atom. The lowest BCUT2D eigenvalue weighted by Crippen LogP contribution is -2.05. The van der Waals surface area contributed by atoms with Crippen LogP contribution in [0.2, 0.25) is 0 Å². The number of allylic oxidation sites excluding steroid dienone is 6. The molecule has 0 aromatic rings. The third-order valence-electron chi connectivity index (χ3n) is 3.48. The lowest BCUT2D eigenvalue weighted by molar-refractivity contribution is -0.140. The minimum atomic E-state index is -0.594. The molecule has 0 aromatic carbocycles. The number of ether oxygens (including phenoxy) is 1. The molecule has 3 atom stereocenters. The first-order chi connectivity index (χ1) is 12.5. The molecule has 0 aromatic heterocycles. The van der Waals surface area contributed by atoms with Gasteiger partial charge in [-0.25, -0.2) is 0 Å². The molecule has 0 spiro atoms. The molecule has 3 N–H and O–H groups in total. The number of hydrogen-bond acceptors (Lipinski definition) is 5. The maximum absolute atomic E-state index is 10.9. The van der Waals surface area contributed by atoms with Crippen LogP contribution in [0.15, 0.2) is 60.8 Å². The molecule has 0 unspecified atom stereocenters. The van der Waals surface area contributed by atoms with Gasteiger partial charge in [-0.15, -0.1) is 0 Å². The third kappa shape index (κ3) is 15.6. The fraction of sp³-hybridized carbons (Fsp3) is 0.476. The first kappa shape index (κ1) is 24.1. The molecule has 0 aliphatic carbocycles. The Morgan fingerprint density at radius 3 is 2.08 bits per heavy atom. The van der Waals surface area contributed by atoms with Gasteiger partial charge in [0.25, 0.3) is 0 Å². The van der Waals surface area contributed by atoms with Crippen molar-refractivity contribution in [2.45, 2.75) is 57.3 Å². The minimum absolute atomic E-state index is 0.269. The fourth-order valence-electron chi connectivity index (χ4n) is 1.87. The van der Waals surface area contributed by atoms with Crippen molar-refractivity contribution in [2.75, 3.05) is 7.11 Å². The number of rotatable bonds is 13. The number of carbonyl (C=O) groups excluding carboxylic acids is 1. The molecule has 0 aliphatic rings. The van der Waals surface area contributed by atoms with E-state index >= 15 is 0 Å².